The number of methoxy groups -OCH3 is 1. The summed E-state index contributed by atoms with van der Waals surface area (Å²) in [5.74, 6) is -4.91. The van der Waals surface area contributed by atoms with Crippen molar-refractivity contribution in [3.63, 3.8) is 0 Å². The van der Waals surface area contributed by atoms with Gasteiger partial charge < -0.3 is 15.0 Å². The summed E-state index contributed by atoms with van der Waals surface area (Å²) in [6.07, 6.45) is -2.68. The van der Waals surface area contributed by atoms with Crippen molar-refractivity contribution in [3.05, 3.63) is 48.2 Å². The van der Waals surface area contributed by atoms with Gasteiger partial charge in [-0.25, -0.2) is 9.37 Å². The fourth-order valence-electron chi connectivity index (χ4n) is 2.99. The Morgan fingerprint density at radius 3 is 2.61 bits per heavy atom. The minimum atomic E-state index is -4.92. The Morgan fingerprint density at radius 2 is 2.00 bits per heavy atom. The molecular formula is C20H21F5N4O3S. The van der Waals surface area contributed by atoms with Gasteiger partial charge in [0.05, 0.1) is 13.0 Å². The zero-order valence-electron chi connectivity index (χ0n) is 17.4. The lowest BCUT2D eigenvalue weighted by molar-refractivity contribution is -0.187. The van der Waals surface area contributed by atoms with Crippen LogP contribution in [0.2, 0.25) is 0 Å². The molecule has 1 fully saturated rings. The molecule has 0 radical (unpaired) electrons. The summed E-state index contributed by atoms with van der Waals surface area (Å²) in [7, 11) is 1.29. The number of nitrogens with zero attached hydrogens (tertiary/aromatic N) is 2. The molecule has 1 saturated heterocycles. The second-order valence-electron chi connectivity index (χ2n) is 6.83. The van der Waals surface area contributed by atoms with E-state index in [0.717, 1.165) is 18.0 Å². The van der Waals surface area contributed by atoms with E-state index in [0.29, 0.717) is 28.5 Å². The number of nitrogens with two attached hydrogens (primary N) is 1. The molecule has 0 saturated carbocycles. The molecule has 13 heteroatoms. The van der Waals surface area contributed by atoms with Gasteiger partial charge in [-0.3, -0.25) is 14.7 Å². The van der Waals surface area contributed by atoms with E-state index >= 15 is 0 Å². The van der Waals surface area contributed by atoms with Crippen molar-refractivity contribution in [3.8, 4) is 5.75 Å². The number of carbonyl (C=O) groups is 2. The van der Waals surface area contributed by atoms with Crippen LogP contribution in [0.4, 0.5) is 27.6 Å². The Hall–Kier alpha value is -2.93. The first kappa shape index (κ1) is 26.3. The number of nitrogens with one attached hydrogen (secondary N) is 1. The van der Waals surface area contributed by atoms with Gasteiger partial charge in [0, 0.05) is 25.0 Å². The van der Waals surface area contributed by atoms with E-state index in [4.69, 9.17) is 5.14 Å². The Kier molecular flexibility index (Phi) is 9.41. The maximum absolute atomic E-state index is 12.5. The maximum Gasteiger partial charge on any atom is 0.471 e. The topological polar surface area (TPSA) is 97.5 Å². The zero-order chi connectivity index (χ0) is 24.6. The van der Waals surface area contributed by atoms with E-state index in [-0.39, 0.29) is 18.8 Å². The van der Waals surface area contributed by atoms with Crippen molar-refractivity contribution in [1.29, 1.82) is 0 Å². The average Bonchev–Trinajstić information content (AvgIpc) is 2.80. The Labute approximate surface area is 190 Å². The summed E-state index contributed by atoms with van der Waals surface area (Å²) in [5, 5.41) is 8.49. The molecule has 33 heavy (non-hydrogen) atoms. The standard InChI is InChI=1S/C13H15F3N4O2S.C7H6F2O/c14-13(15,16)12(22)20-5-1-2-8(7-20)11(21)19-9-3-4-18-10(6-9)23-17;1-10-6-4-2-3-5(8)7(6)9/h3-4,6,8H,1-2,5,7,17H2,(H,18,19,21);2-4H,1H3. The van der Waals surface area contributed by atoms with E-state index in [9.17, 15) is 31.5 Å². The lowest BCUT2D eigenvalue weighted by Crippen LogP contribution is -2.48. The second kappa shape index (κ2) is 11.8. The second-order valence-corrected chi connectivity index (χ2v) is 7.49. The first-order valence-electron chi connectivity index (χ1n) is 9.54. The number of amides is 2. The lowest BCUT2D eigenvalue weighted by Gasteiger charge is -2.32. The van der Waals surface area contributed by atoms with Crippen LogP contribution in [0.15, 0.2) is 41.6 Å². The summed E-state index contributed by atoms with van der Waals surface area (Å²) >= 11 is 0.912. The number of rotatable bonds is 4. The summed E-state index contributed by atoms with van der Waals surface area (Å²) in [5.41, 5.74) is 0.456. The van der Waals surface area contributed by atoms with E-state index < -0.39 is 35.5 Å². The van der Waals surface area contributed by atoms with Gasteiger partial charge in [-0.15, -0.1) is 0 Å². The third-order valence-electron chi connectivity index (χ3n) is 4.58. The van der Waals surface area contributed by atoms with Crippen LogP contribution in [0.1, 0.15) is 12.8 Å². The third-order valence-corrected chi connectivity index (χ3v) is 5.05. The highest BCUT2D eigenvalue weighted by Gasteiger charge is 2.44. The first-order chi connectivity index (χ1) is 15.6. The van der Waals surface area contributed by atoms with Crippen LogP contribution in [0.3, 0.4) is 0 Å². The minimum Gasteiger partial charge on any atom is -0.494 e. The zero-order valence-corrected chi connectivity index (χ0v) is 18.2. The highest BCUT2D eigenvalue weighted by Crippen LogP contribution is 2.25. The van der Waals surface area contributed by atoms with Gasteiger partial charge in [0.25, 0.3) is 0 Å². The van der Waals surface area contributed by atoms with Crippen molar-refractivity contribution in [2.45, 2.75) is 24.0 Å². The molecule has 1 atom stereocenters. The molecule has 1 aliphatic heterocycles. The predicted molar refractivity (Wildman–Crippen MR) is 111 cm³/mol. The van der Waals surface area contributed by atoms with Crippen LogP contribution in [-0.2, 0) is 9.59 Å². The normalized spacial score (nSPS) is 15.8. The number of alkyl halides is 3. The van der Waals surface area contributed by atoms with Gasteiger partial charge in [0.2, 0.25) is 11.7 Å². The molecule has 0 spiro atoms. The van der Waals surface area contributed by atoms with E-state index in [1.54, 1.807) is 12.1 Å². The number of halogens is 5. The van der Waals surface area contributed by atoms with Gasteiger partial charge >= 0.3 is 12.1 Å². The average molecular weight is 492 g/mol. The molecule has 0 bridgehead atoms. The number of aromatic nitrogens is 1. The number of carbonyl (C=O) groups excluding carboxylic acids is 2. The quantitative estimate of drug-likeness (QED) is 0.498. The predicted octanol–water partition coefficient (Wildman–Crippen LogP) is 3.76. The molecule has 3 rings (SSSR count). The van der Waals surface area contributed by atoms with Crippen molar-refractivity contribution in [2.75, 3.05) is 25.5 Å². The van der Waals surface area contributed by atoms with Crippen LogP contribution < -0.4 is 15.2 Å². The SMILES string of the molecule is COc1cccc(F)c1F.NSc1cc(NC(=O)C2CCCN(C(=O)C(F)(F)F)C2)ccn1. The van der Waals surface area contributed by atoms with E-state index in [1.165, 1.54) is 25.4 Å². The molecule has 0 aliphatic carbocycles. The van der Waals surface area contributed by atoms with Crippen molar-refractivity contribution < 1.29 is 36.3 Å². The molecule has 1 aromatic carbocycles. The number of hydrogen-bond acceptors (Lipinski definition) is 6. The smallest absolute Gasteiger partial charge is 0.471 e. The van der Waals surface area contributed by atoms with Crippen molar-refractivity contribution in [2.24, 2.45) is 11.1 Å². The largest absolute Gasteiger partial charge is 0.494 e. The highest BCUT2D eigenvalue weighted by molar-refractivity contribution is 7.97. The Bertz CT molecular complexity index is 977. The Morgan fingerprint density at radius 1 is 1.27 bits per heavy atom. The minimum absolute atomic E-state index is 0.00530. The number of benzene rings is 1. The lowest BCUT2D eigenvalue weighted by atomic mass is 9.97. The van der Waals surface area contributed by atoms with Crippen LogP contribution in [0, 0.1) is 17.6 Å². The van der Waals surface area contributed by atoms with Gasteiger partial charge in [-0.2, -0.15) is 17.6 Å². The summed E-state index contributed by atoms with van der Waals surface area (Å²) < 4.78 is 66.8. The first-order valence-corrected chi connectivity index (χ1v) is 10.4. The molecule has 3 N–H and O–H groups in total. The summed E-state index contributed by atoms with van der Waals surface area (Å²) in [6, 6.07) is 6.90. The maximum atomic E-state index is 12.5. The van der Waals surface area contributed by atoms with Crippen LogP contribution in [0.5, 0.6) is 5.75 Å². The molecule has 1 aromatic heterocycles. The van der Waals surface area contributed by atoms with E-state index in [2.05, 4.69) is 15.0 Å². The van der Waals surface area contributed by atoms with Gasteiger partial charge in [0.15, 0.2) is 11.6 Å². The van der Waals surface area contributed by atoms with Crippen LogP contribution >= 0.6 is 11.9 Å². The number of pyridine rings is 1. The van der Waals surface area contributed by atoms with Gasteiger partial charge in [-0.1, -0.05) is 6.07 Å². The summed E-state index contributed by atoms with van der Waals surface area (Å²) in [4.78, 5) is 28.1. The van der Waals surface area contributed by atoms with Gasteiger partial charge in [-0.05, 0) is 49.1 Å². The number of ether oxygens (including phenoxy) is 1. The highest BCUT2D eigenvalue weighted by atomic mass is 32.2. The van der Waals surface area contributed by atoms with Gasteiger partial charge in [0.1, 0.15) is 5.03 Å². The monoisotopic (exact) mass is 492 g/mol. The fraction of sp³-hybridized carbons (Fsp3) is 0.350. The number of piperidine rings is 1. The Balaban J connectivity index is 0.000000321. The van der Waals surface area contributed by atoms with Crippen LogP contribution in [-0.4, -0.2) is 48.1 Å². The van der Waals surface area contributed by atoms with Crippen molar-refractivity contribution in [1.82, 2.24) is 9.88 Å². The van der Waals surface area contributed by atoms with Crippen LogP contribution in [0.25, 0.3) is 0 Å². The number of likely N-dealkylation sites (tertiary alicyclic amines) is 1. The molecular weight excluding hydrogens is 471 g/mol. The van der Waals surface area contributed by atoms with E-state index in [1.807, 2.05) is 0 Å². The molecule has 1 aliphatic rings. The third kappa shape index (κ3) is 7.56. The van der Waals surface area contributed by atoms with Crippen molar-refractivity contribution >= 4 is 29.4 Å². The molecule has 2 amide bonds. The molecule has 180 valence electrons. The molecule has 7 nitrogen and oxygen atoms in total. The number of hydrogen-bond donors (Lipinski definition) is 2. The molecule has 2 aromatic rings. The molecule has 1 unspecified atom stereocenters. The summed E-state index contributed by atoms with van der Waals surface area (Å²) in [6.45, 7) is -0.237. The fourth-order valence-corrected chi connectivity index (χ4v) is 3.31. The molecule has 2 heterocycles. The number of anilines is 1.